The quantitative estimate of drug-likeness (QED) is 0.116. The van der Waals surface area contributed by atoms with Gasteiger partial charge in [0.1, 0.15) is 18.3 Å². The van der Waals surface area contributed by atoms with E-state index in [1.807, 2.05) is 0 Å². The zero-order chi connectivity index (χ0) is 44.2. The van der Waals surface area contributed by atoms with Crippen LogP contribution >= 0.6 is 0 Å². The number of aliphatic hydroxyl groups excluding tert-OH is 3. The summed E-state index contributed by atoms with van der Waals surface area (Å²) in [6, 6.07) is 23.0. The van der Waals surface area contributed by atoms with Gasteiger partial charge in [0, 0.05) is 37.7 Å². The SMILES string of the molecule is CC(=O)O[C@H]1C(=O)C2[C@H]([C@H](OC(=O)c3ccccc3)C[C@H](OC(=O)[C@H](O)[C@@H](NC(=O)c3ccccc3)c3ccccc3)/C(C)=C/1C(C)(C)CO)[C@]1(OC(C)=O)CO[C@@H]1C[C@@H]2O. The van der Waals surface area contributed by atoms with Crippen molar-refractivity contribution in [3.63, 3.8) is 0 Å². The molecule has 1 saturated heterocycles. The number of Topliss-reactive ketones (excluding diaryl/α,β-unsaturated/α-hetero) is 1. The van der Waals surface area contributed by atoms with E-state index in [1.165, 1.54) is 19.1 Å². The lowest BCUT2D eigenvalue weighted by Gasteiger charge is -2.59. The first-order chi connectivity index (χ1) is 29.0. The minimum atomic E-state index is -2.05. The summed E-state index contributed by atoms with van der Waals surface area (Å²) < 4.78 is 30.1. The Balaban J connectivity index is 1.52. The molecule has 10 atom stereocenters. The highest BCUT2D eigenvalue weighted by Crippen LogP contribution is 2.53. The van der Waals surface area contributed by atoms with E-state index in [2.05, 4.69) is 5.32 Å². The maximum absolute atomic E-state index is 15.2. The van der Waals surface area contributed by atoms with Crippen molar-refractivity contribution >= 4 is 35.6 Å². The first-order valence-electron chi connectivity index (χ1n) is 20.1. The fourth-order valence-corrected chi connectivity index (χ4v) is 8.89. The van der Waals surface area contributed by atoms with E-state index in [-0.39, 0.29) is 35.3 Å². The lowest BCUT2D eigenvalue weighted by atomic mass is 9.59. The molecule has 0 aromatic heterocycles. The molecule has 15 heteroatoms. The Morgan fingerprint density at radius 2 is 1.44 bits per heavy atom. The highest BCUT2D eigenvalue weighted by atomic mass is 16.6. The zero-order valence-corrected chi connectivity index (χ0v) is 34.5. The van der Waals surface area contributed by atoms with Crippen molar-refractivity contribution in [3.05, 3.63) is 119 Å². The number of aliphatic hydroxyl groups is 3. The number of amides is 1. The van der Waals surface area contributed by atoms with Crippen molar-refractivity contribution in [2.45, 2.75) is 95.7 Å². The van der Waals surface area contributed by atoms with Gasteiger partial charge in [-0.05, 0) is 47.9 Å². The molecule has 2 aliphatic carbocycles. The van der Waals surface area contributed by atoms with Crippen molar-refractivity contribution in [3.8, 4) is 0 Å². The predicted octanol–water partition coefficient (Wildman–Crippen LogP) is 3.59. The fraction of sp³-hybridized carbons (Fsp3) is 0.435. The van der Waals surface area contributed by atoms with Gasteiger partial charge in [-0.15, -0.1) is 0 Å². The topological polar surface area (TPSA) is 221 Å². The molecular weight excluding hydrogens is 790 g/mol. The van der Waals surface area contributed by atoms with E-state index in [9.17, 15) is 39.3 Å². The zero-order valence-electron chi connectivity index (χ0n) is 34.5. The number of hydrogen-bond acceptors (Lipinski definition) is 14. The molecule has 3 aliphatic rings. The number of nitrogens with one attached hydrogen (secondary N) is 1. The summed E-state index contributed by atoms with van der Waals surface area (Å²) in [6.07, 6.45) is -9.98. The molecular formula is C46H51NO14. The Morgan fingerprint density at radius 3 is 1.98 bits per heavy atom. The van der Waals surface area contributed by atoms with Gasteiger partial charge in [0.2, 0.25) is 0 Å². The molecule has 0 radical (unpaired) electrons. The van der Waals surface area contributed by atoms with Crippen LogP contribution in [0.5, 0.6) is 0 Å². The van der Waals surface area contributed by atoms with E-state index in [1.54, 1.807) is 92.7 Å². The minimum absolute atomic E-state index is 0.0222. The standard InChI is InChI=1S/C46H51NO14/c1-25-32(59-44(56)40(53)38(28-15-9-6-10-16-28)47-42(54)29-17-11-7-12-18-29)22-33(60-43(55)30-19-13-8-14-20-30)37-35(31(51)21-34-46(37,24-57-34)61-27(3)50)39(52)41(58-26(2)49)36(25)45(4,5)23-48/h6-20,31-35,37-38,40-41,48,51,53H,21-24H2,1-5H3,(H,47,54)/b36-25-/t31-,32-,33+,34+,35?,37-,38-,40+,41+,46-/m0/s1. The van der Waals surface area contributed by atoms with Crippen molar-refractivity contribution in [1.82, 2.24) is 5.32 Å². The van der Waals surface area contributed by atoms with Gasteiger partial charge in [-0.1, -0.05) is 80.6 Å². The third-order valence-electron chi connectivity index (χ3n) is 11.8. The molecule has 0 bridgehead atoms. The Hall–Kier alpha value is -5.74. The lowest BCUT2D eigenvalue weighted by Crippen LogP contribution is -2.74. The monoisotopic (exact) mass is 841 g/mol. The average Bonchev–Trinajstić information content (AvgIpc) is 3.26. The highest BCUT2D eigenvalue weighted by Gasteiger charge is 2.69. The molecule has 1 amide bonds. The van der Waals surface area contributed by atoms with Crippen LogP contribution in [0.3, 0.4) is 0 Å². The first-order valence-corrected chi connectivity index (χ1v) is 20.1. The Morgan fingerprint density at radius 1 is 0.852 bits per heavy atom. The summed E-state index contributed by atoms with van der Waals surface area (Å²) in [7, 11) is 0. The second kappa shape index (κ2) is 18.5. The van der Waals surface area contributed by atoms with Gasteiger partial charge in [0.05, 0.1) is 42.8 Å². The number of ketones is 1. The summed E-state index contributed by atoms with van der Waals surface area (Å²) >= 11 is 0. The molecule has 2 fully saturated rings. The van der Waals surface area contributed by atoms with Crippen LogP contribution in [0.4, 0.5) is 0 Å². The smallest absolute Gasteiger partial charge is 0.338 e. The van der Waals surface area contributed by atoms with E-state index < -0.39 is 114 Å². The molecule has 61 heavy (non-hydrogen) atoms. The highest BCUT2D eigenvalue weighted by molar-refractivity contribution is 5.95. The lowest BCUT2D eigenvalue weighted by molar-refractivity contribution is -0.316. The molecule has 15 nitrogen and oxygen atoms in total. The number of rotatable bonds is 12. The summed E-state index contributed by atoms with van der Waals surface area (Å²) in [5.41, 5.74) is -2.19. The van der Waals surface area contributed by atoms with Gasteiger partial charge in [0.15, 0.2) is 23.6 Å². The van der Waals surface area contributed by atoms with Gasteiger partial charge < -0.3 is 44.3 Å². The third kappa shape index (κ3) is 9.30. The van der Waals surface area contributed by atoms with E-state index in [4.69, 9.17) is 23.7 Å². The van der Waals surface area contributed by atoms with Gasteiger partial charge in [-0.2, -0.15) is 0 Å². The van der Waals surface area contributed by atoms with Crippen molar-refractivity contribution < 1.29 is 67.8 Å². The molecule has 0 spiro atoms. The Bertz CT molecular complexity index is 2140. The maximum Gasteiger partial charge on any atom is 0.338 e. The molecule has 324 valence electrons. The maximum atomic E-state index is 15.2. The summed E-state index contributed by atoms with van der Waals surface area (Å²) in [5.74, 6) is -8.12. The van der Waals surface area contributed by atoms with E-state index in [0.29, 0.717) is 5.56 Å². The summed E-state index contributed by atoms with van der Waals surface area (Å²) in [5, 5.41) is 37.2. The van der Waals surface area contributed by atoms with Crippen LogP contribution in [0, 0.1) is 17.3 Å². The van der Waals surface area contributed by atoms with Gasteiger partial charge in [0.25, 0.3) is 5.91 Å². The number of ether oxygens (including phenoxy) is 5. The van der Waals surface area contributed by atoms with Crippen LogP contribution in [0.2, 0.25) is 0 Å². The van der Waals surface area contributed by atoms with Crippen LogP contribution in [0.1, 0.15) is 79.8 Å². The minimum Gasteiger partial charge on any atom is -0.458 e. The molecule has 6 rings (SSSR count). The van der Waals surface area contributed by atoms with Crippen LogP contribution in [-0.4, -0.2) is 106 Å². The fourth-order valence-electron chi connectivity index (χ4n) is 8.89. The Labute approximate surface area is 353 Å². The molecule has 1 unspecified atom stereocenters. The van der Waals surface area contributed by atoms with E-state index in [0.717, 1.165) is 13.8 Å². The number of esters is 4. The van der Waals surface area contributed by atoms with Gasteiger partial charge in [-0.25, -0.2) is 9.59 Å². The molecule has 3 aromatic rings. The van der Waals surface area contributed by atoms with Crippen LogP contribution in [0.25, 0.3) is 0 Å². The molecule has 1 aliphatic heterocycles. The molecule has 4 N–H and O–H groups in total. The average molecular weight is 842 g/mol. The van der Waals surface area contributed by atoms with Crippen molar-refractivity contribution in [1.29, 1.82) is 0 Å². The van der Waals surface area contributed by atoms with Gasteiger partial charge >= 0.3 is 23.9 Å². The first kappa shape index (κ1) is 44.8. The molecule has 1 heterocycles. The number of benzene rings is 3. The molecule has 1 saturated carbocycles. The van der Waals surface area contributed by atoms with Gasteiger partial charge in [-0.3, -0.25) is 19.2 Å². The predicted molar refractivity (Wildman–Crippen MR) is 215 cm³/mol. The molecule has 3 aromatic carbocycles. The Kier molecular flexibility index (Phi) is 13.6. The van der Waals surface area contributed by atoms with Crippen LogP contribution in [0.15, 0.2) is 102 Å². The van der Waals surface area contributed by atoms with E-state index >= 15 is 4.79 Å². The van der Waals surface area contributed by atoms with Crippen LogP contribution < -0.4 is 5.32 Å². The second-order valence-electron chi connectivity index (χ2n) is 16.4. The number of carbonyl (C=O) groups excluding carboxylic acids is 6. The number of carbonyl (C=O) groups is 6. The van der Waals surface area contributed by atoms with Crippen molar-refractivity contribution in [2.24, 2.45) is 17.3 Å². The largest absolute Gasteiger partial charge is 0.458 e. The number of fused-ring (bicyclic) bond motifs is 3. The van der Waals surface area contributed by atoms with Crippen LogP contribution in [-0.2, 0) is 42.9 Å². The second-order valence-corrected chi connectivity index (χ2v) is 16.4. The third-order valence-corrected chi connectivity index (χ3v) is 11.8. The summed E-state index contributed by atoms with van der Waals surface area (Å²) in [6.45, 7) is 6.01. The summed E-state index contributed by atoms with van der Waals surface area (Å²) in [4.78, 5) is 82.9. The number of hydrogen-bond donors (Lipinski definition) is 4. The normalized spacial score (nSPS) is 28.4. The van der Waals surface area contributed by atoms with Crippen molar-refractivity contribution in [2.75, 3.05) is 13.2 Å².